The molecule has 1 N–H and O–H groups in total. The molecule has 2 heterocycles. The fourth-order valence-electron chi connectivity index (χ4n) is 3.01. The molecule has 0 unspecified atom stereocenters. The first kappa shape index (κ1) is 12.2. The number of fused-ring (bicyclic) bond motifs is 1. The topological polar surface area (TPSA) is 29.9 Å². The molecule has 0 atom stereocenters. The van der Waals surface area contributed by atoms with Gasteiger partial charge in [-0.25, -0.2) is 4.68 Å². The monoisotopic (exact) mass is 275 g/mol. The van der Waals surface area contributed by atoms with Crippen molar-refractivity contribution in [2.24, 2.45) is 0 Å². The molecule has 3 nitrogen and oxygen atoms in total. The van der Waals surface area contributed by atoms with Gasteiger partial charge in [-0.05, 0) is 36.6 Å². The highest BCUT2D eigenvalue weighted by molar-refractivity contribution is 5.79. The van der Waals surface area contributed by atoms with E-state index in [1.54, 1.807) is 0 Å². The first-order chi connectivity index (χ1) is 10.4. The van der Waals surface area contributed by atoms with Crippen molar-refractivity contribution in [3.63, 3.8) is 0 Å². The molecule has 1 aliphatic rings. The van der Waals surface area contributed by atoms with Gasteiger partial charge in [0.15, 0.2) is 0 Å². The fourth-order valence-corrected chi connectivity index (χ4v) is 3.01. The van der Waals surface area contributed by atoms with Crippen LogP contribution in [-0.2, 0) is 6.42 Å². The maximum atomic E-state index is 4.50. The third-order valence-electron chi connectivity index (χ3n) is 3.99. The van der Waals surface area contributed by atoms with E-state index in [1.165, 1.54) is 23.2 Å². The Bertz CT molecular complexity index is 759. The molecule has 2 aromatic carbocycles. The number of rotatable bonds is 2. The van der Waals surface area contributed by atoms with Crippen LogP contribution >= 0.6 is 0 Å². The molecule has 0 aliphatic carbocycles. The lowest BCUT2D eigenvalue weighted by Crippen LogP contribution is -2.13. The van der Waals surface area contributed by atoms with Crippen LogP contribution in [0.25, 0.3) is 16.9 Å². The maximum Gasteiger partial charge on any atom is 0.0761 e. The largest absolute Gasteiger partial charge is 0.384 e. The van der Waals surface area contributed by atoms with Crippen LogP contribution in [0.2, 0.25) is 0 Å². The van der Waals surface area contributed by atoms with E-state index in [0.717, 1.165) is 24.3 Å². The van der Waals surface area contributed by atoms with E-state index in [4.69, 9.17) is 0 Å². The van der Waals surface area contributed by atoms with Gasteiger partial charge in [0.2, 0.25) is 0 Å². The number of anilines is 1. The third-order valence-corrected chi connectivity index (χ3v) is 3.99. The van der Waals surface area contributed by atoms with Gasteiger partial charge in [-0.15, -0.1) is 0 Å². The van der Waals surface area contributed by atoms with Gasteiger partial charge in [0, 0.05) is 17.8 Å². The van der Waals surface area contributed by atoms with Gasteiger partial charge in [0.1, 0.15) is 0 Å². The average molecular weight is 275 g/mol. The summed E-state index contributed by atoms with van der Waals surface area (Å²) in [5, 5.41) is 8.06. The molecule has 3 heteroatoms. The summed E-state index contributed by atoms with van der Waals surface area (Å²) in [5.41, 5.74) is 6.12. The summed E-state index contributed by atoms with van der Waals surface area (Å²) in [6.07, 6.45) is 4.22. The summed E-state index contributed by atoms with van der Waals surface area (Å²) < 4.78 is 2.01. The third kappa shape index (κ3) is 2.11. The fraction of sp³-hybridized carbons (Fsp3) is 0.167. The Morgan fingerprint density at radius 1 is 0.952 bits per heavy atom. The molecule has 4 rings (SSSR count). The number of benzene rings is 2. The molecule has 0 amide bonds. The zero-order valence-electron chi connectivity index (χ0n) is 11.8. The molecule has 21 heavy (non-hydrogen) atoms. The van der Waals surface area contributed by atoms with Crippen molar-refractivity contribution in [3.05, 3.63) is 66.4 Å². The van der Waals surface area contributed by atoms with Crippen LogP contribution in [0.3, 0.4) is 0 Å². The zero-order chi connectivity index (χ0) is 14.1. The van der Waals surface area contributed by atoms with Crippen LogP contribution in [-0.4, -0.2) is 16.3 Å². The molecule has 0 spiro atoms. The van der Waals surface area contributed by atoms with Crippen molar-refractivity contribution in [2.75, 3.05) is 11.9 Å². The van der Waals surface area contributed by atoms with E-state index in [1.807, 2.05) is 29.1 Å². The standard InChI is InChI=1S/C18H17N3/c1-2-8-15(9-3-1)21-17(11-13-20-21)16-10-4-6-14-7-5-12-19-18(14)16/h1-4,6,8-11,13,19H,5,7,12H2. The van der Waals surface area contributed by atoms with Crippen LogP contribution in [0.15, 0.2) is 60.8 Å². The lowest BCUT2D eigenvalue weighted by Gasteiger charge is -2.21. The minimum atomic E-state index is 1.05. The van der Waals surface area contributed by atoms with E-state index in [2.05, 4.69) is 46.8 Å². The van der Waals surface area contributed by atoms with Gasteiger partial charge in [-0.3, -0.25) is 0 Å². The van der Waals surface area contributed by atoms with E-state index >= 15 is 0 Å². The number of hydrogen-bond donors (Lipinski definition) is 1. The Balaban J connectivity index is 1.88. The second-order valence-electron chi connectivity index (χ2n) is 5.33. The quantitative estimate of drug-likeness (QED) is 0.768. The molecule has 3 aromatic rings. The number of para-hydroxylation sites is 2. The van der Waals surface area contributed by atoms with Crippen LogP contribution in [0.1, 0.15) is 12.0 Å². The Labute approximate surface area is 124 Å². The minimum absolute atomic E-state index is 1.05. The van der Waals surface area contributed by atoms with E-state index in [0.29, 0.717) is 0 Å². The molecular weight excluding hydrogens is 258 g/mol. The van der Waals surface area contributed by atoms with Gasteiger partial charge in [0.05, 0.1) is 17.6 Å². The molecule has 0 saturated carbocycles. The molecular formula is C18H17N3. The average Bonchev–Trinajstić information content (AvgIpc) is 3.04. The smallest absolute Gasteiger partial charge is 0.0761 e. The van der Waals surface area contributed by atoms with Gasteiger partial charge >= 0.3 is 0 Å². The van der Waals surface area contributed by atoms with Gasteiger partial charge in [0.25, 0.3) is 0 Å². The Morgan fingerprint density at radius 3 is 2.76 bits per heavy atom. The zero-order valence-corrected chi connectivity index (χ0v) is 11.8. The number of hydrogen-bond acceptors (Lipinski definition) is 2. The van der Waals surface area contributed by atoms with Crippen molar-refractivity contribution in [2.45, 2.75) is 12.8 Å². The summed E-state index contributed by atoms with van der Waals surface area (Å²) >= 11 is 0. The molecule has 1 aliphatic heterocycles. The lowest BCUT2D eigenvalue weighted by molar-refractivity contribution is 0.829. The van der Waals surface area contributed by atoms with Crippen LogP contribution in [0.5, 0.6) is 0 Å². The second kappa shape index (κ2) is 5.09. The number of aromatic nitrogens is 2. The highest BCUT2D eigenvalue weighted by Gasteiger charge is 2.16. The first-order valence-electron chi connectivity index (χ1n) is 7.39. The molecule has 0 fully saturated rings. The highest BCUT2D eigenvalue weighted by atomic mass is 15.3. The van der Waals surface area contributed by atoms with Crippen molar-refractivity contribution >= 4 is 5.69 Å². The molecule has 1 aromatic heterocycles. The number of nitrogens with one attached hydrogen (secondary N) is 1. The van der Waals surface area contributed by atoms with Crippen LogP contribution < -0.4 is 5.32 Å². The number of nitrogens with zero attached hydrogens (tertiary/aromatic N) is 2. The van der Waals surface area contributed by atoms with Gasteiger partial charge in [-0.2, -0.15) is 5.10 Å². The van der Waals surface area contributed by atoms with Crippen molar-refractivity contribution in [3.8, 4) is 16.9 Å². The Morgan fingerprint density at radius 2 is 1.86 bits per heavy atom. The highest BCUT2D eigenvalue weighted by Crippen LogP contribution is 2.34. The van der Waals surface area contributed by atoms with Crippen LogP contribution in [0.4, 0.5) is 5.69 Å². The molecule has 0 saturated heterocycles. The Kier molecular flexibility index (Phi) is 2.96. The van der Waals surface area contributed by atoms with Crippen molar-refractivity contribution < 1.29 is 0 Å². The van der Waals surface area contributed by atoms with Crippen molar-refractivity contribution in [1.82, 2.24) is 9.78 Å². The van der Waals surface area contributed by atoms with Crippen molar-refractivity contribution in [1.29, 1.82) is 0 Å². The van der Waals surface area contributed by atoms with Crippen LogP contribution in [0, 0.1) is 0 Å². The van der Waals surface area contributed by atoms with Gasteiger partial charge < -0.3 is 5.32 Å². The Hall–Kier alpha value is -2.55. The first-order valence-corrected chi connectivity index (χ1v) is 7.39. The molecule has 0 bridgehead atoms. The predicted octanol–water partition coefficient (Wildman–Crippen LogP) is 3.90. The van der Waals surface area contributed by atoms with E-state index < -0.39 is 0 Å². The second-order valence-corrected chi connectivity index (χ2v) is 5.33. The summed E-state index contributed by atoms with van der Waals surface area (Å²) in [6, 6.07) is 18.9. The summed E-state index contributed by atoms with van der Waals surface area (Å²) in [7, 11) is 0. The number of aryl methyl sites for hydroxylation is 1. The predicted molar refractivity (Wildman–Crippen MR) is 85.8 cm³/mol. The van der Waals surface area contributed by atoms with Gasteiger partial charge in [-0.1, -0.05) is 36.4 Å². The summed E-state index contributed by atoms with van der Waals surface area (Å²) in [6.45, 7) is 1.05. The van der Waals surface area contributed by atoms with E-state index in [-0.39, 0.29) is 0 Å². The summed E-state index contributed by atoms with van der Waals surface area (Å²) in [4.78, 5) is 0. The van der Waals surface area contributed by atoms with E-state index in [9.17, 15) is 0 Å². The lowest BCUT2D eigenvalue weighted by atomic mass is 9.98. The molecule has 0 radical (unpaired) electrons. The molecule has 104 valence electrons. The minimum Gasteiger partial charge on any atom is -0.384 e. The maximum absolute atomic E-state index is 4.50. The SMILES string of the molecule is c1ccc(-n2nccc2-c2cccc3c2NCCC3)cc1. The normalized spacial score (nSPS) is 13.5. The summed E-state index contributed by atoms with van der Waals surface area (Å²) in [5.74, 6) is 0.